The van der Waals surface area contributed by atoms with Crippen LogP contribution in [0.2, 0.25) is 5.02 Å². The summed E-state index contributed by atoms with van der Waals surface area (Å²) >= 11 is 6.38. The lowest BCUT2D eigenvalue weighted by Crippen LogP contribution is -2.51. The smallest absolute Gasteiger partial charge is 0.229 e. The molecule has 2 heterocycles. The third kappa shape index (κ3) is 3.80. The molecular formula is C24H24ClN5O. The first-order valence-electron chi connectivity index (χ1n) is 10.8. The number of amides is 1. The minimum absolute atomic E-state index is 0.00339. The summed E-state index contributed by atoms with van der Waals surface area (Å²) in [6, 6.07) is 13.1. The molecular weight excluding hydrogens is 410 g/mol. The van der Waals surface area contributed by atoms with Gasteiger partial charge in [0, 0.05) is 28.1 Å². The van der Waals surface area contributed by atoms with Crippen LogP contribution >= 0.6 is 11.6 Å². The topological polar surface area (TPSA) is 93.6 Å². The van der Waals surface area contributed by atoms with Gasteiger partial charge in [-0.2, -0.15) is 10.4 Å². The Hall–Kier alpha value is -2.88. The minimum atomic E-state index is -0.0529. The second kappa shape index (κ2) is 7.99. The molecule has 1 amide bonds. The number of hydrogen-bond acceptors (Lipinski definition) is 4. The molecule has 1 aliphatic heterocycles. The molecule has 7 heteroatoms. The molecule has 1 aromatic heterocycles. The van der Waals surface area contributed by atoms with Gasteiger partial charge in [0.05, 0.1) is 23.1 Å². The summed E-state index contributed by atoms with van der Waals surface area (Å²) in [4.78, 5) is 12.9. The second-order valence-electron chi connectivity index (χ2n) is 8.73. The van der Waals surface area contributed by atoms with Gasteiger partial charge < -0.3 is 10.6 Å². The van der Waals surface area contributed by atoms with E-state index in [-0.39, 0.29) is 17.4 Å². The minimum Gasteiger partial charge on any atom is -0.310 e. The van der Waals surface area contributed by atoms with Crippen LogP contribution in [0.4, 0.5) is 5.82 Å². The van der Waals surface area contributed by atoms with Crippen molar-refractivity contribution in [2.75, 3.05) is 11.9 Å². The van der Waals surface area contributed by atoms with Crippen molar-refractivity contribution in [3.8, 4) is 17.2 Å². The molecule has 3 aromatic rings. The first kappa shape index (κ1) is 20.0. The number of nitrogens with one attached hydrogen (secondary N) is 3. The van der Waals surface area contributed by atoms with E-state index in [1.54, 1.807) is 18.2 Å². The Morgan fingerprint density at radius 2 is 2.03 bits per heavy atom. The zero-order valence-corrected chi connectivity index (χ0v) is 17.9. The quantitative estimate of drug-likeness (QED) is 0.541. The molecule has 0 bridgehead atoms. The van der Waals surface area contributed by atoms with Crippen molar-refractivity contribution < 1.29 is 4.79 Å². The number of nitriles is 1. The number of benzene rings is 2. The van der Waals surface area contributed by atoms with E-state index < -0.39 is 0 Å². The van der Waals surface area contributed by atoms with Crippen molar-refractivity contribution in [1.29, 1.82) is 5.26 Å². The molecule has 5 rings (SSSR count). The van der Waals surface area contributed by atoms with E-state index in [0.29, 0.717) is 16.4 Å². The molecule has 1 spiro atoms. The van der Waals surface area contributed by atoms with Gasteiger partial charge in [-0.1, -0.05) is 30.5 Å². The van der Waals surface area contributed by atoms with Crippen LogP contribution in [0.3, 0.4) is 0 Å². The van der Waals surface area contributed by atoms with Crippen LogP contribution in [0.15, 0.2) is 36.4 Å². The number of rotatable bonds is 3. The maximum atomic E-state index is 12.9. The Kier molecular flexibility index (Phi) is 5.17. The van der Waals surface area contributed by atoms with Crippen LogP contribution in [0.1, 0.15) is 44.1 Å². The summed E-state index contributed by atoms with van der Waals surface area (Å²) in [7, 11) is 0. The number of aromatic amines is 1. The van der Waals surface area contributed by atoms with Crippen LogP contribution in [0, 0.1) is 17.2 Å². The molecule has 1 atom stereocenters. The number of piperidine rings is 1. The number of anilines is 1. The lowest BCUT2D eigenvalue weighted by atomic mass is 9.82. The SMILES string of the molecule is N#Cc1ccc(Cl)c(-c2ccc3[nH]nc(NC(=O)C4CCC5(CCCC5)NC4)c3c2)c1. The highest BCUT2D eigenvalue weighted by atomic mass is 35.5. The van der Waals surface area contributed by atoms with E-state index in [9.17, 15) is 10.1 Å². The summed E-state index contributed by atoms with van der Waals surface area (Å²) < 4.78 is 0. The van der Waals surface area contributed by atoms with Crippen LogP contribution < -0.4 is 10.6 Å². The normalized spacial score (nSPS) is 20.1. The largest absolute Gasteiger partial charge is 0.310 e. The van der Waals surface area contributed by atoms with Gasteiger partial charge in [-0.05, 0) is 61.6 Å². The van der Waals surface area contributed by atoms with Crippen molar-refractivity contribution in [3.05, 3.63) is 47.0 Å². The first-order chi connectivity index (χ1) is 15.1. The van der Waals surface area contributed by atoms with Gasteiger partial charge in [0.15, 0.2) is 5.82 Å². The monoisotopic (exact) mass is 433 g/mol. The number of nitrogens with zero attached hydrogens (tertiary/aromatic N) is 2. The predicted octanol–water partition coefficient (Wildman–Crippen LogP) is 5.01. The Morgan fingerprint density at radius 3 is 2.77 bits per heavy atom. The fraction of sp³-hybridized carbons (Fsp3) is 0.375. The zero-order chi connectivity index (χ0) is 21.4. The summed E-state index contributed by atoms with van der Waals surface area (Å²) in [5.41, 5.74) is 3.29. The third-order valence-electron chi connectivity index (χ3n) is 6.84. The van der Waals surface area contributed by atoms with Crippen molar-refractivity contribution in [3.63, 3.8) is 0 Å². The molecule has 3 N–H and O–H groups in total. The van der Waals surface area contributed by atoms with Crippen molar-refractivity contribution in [2.24, 2.45) is 5.92 Å². The van der Waals surface area contributed by atoms with Crippen LogP contribution in [0.5, 0.6) is 0 Å². The highest BCUT2D eigenvalue weighted by Gasteiger charge is 2.39. The standard InChI is InChI=1S/C24H24ClN5O/c25-20-5-3-15(13-26)11-18(20)16-4-6-21-19(12-16)22(30-29-21)28-23(31)17-7-10-24(27-14-17)8-1-2-9-24/h3-6,11-12,17,27H,1-2,7-10,14H2,(H2,28,29,30,31). The van der Waals surface area contributed by atoms with E-state index in [4.69, 9.17) is 11.6 Å². The van der Waals surface area contributed by atoms with Crippen molar-refractivity contribution in [2.45, 2.75) is 44.1 Å². The van der Waals surface area contributed by atoms with E-state index in [1.807, 2.05) is 18.2 Å². The highest BCUT2D eigenvalue weighted by molar-refractivity contribution is 6.33. The zero-order valence-electron chi connectivity index (χ0n) is 17.2. The van der Waals surface area contributed by atoms with Crippen LogP contribution in [0.25, 0.3) is 22.0 Å². The molecule has 1 aliphatic carbocycles. The lowest BCUT2D eigenvalue weighted by Gasteiger charge is -2.38. The summed E-state index contributed by atoms with van der Waals surface area (Å²) in [5, 5.41) is 24.6. The number of hydrogen-bond donors (Lipinski definition) is 3. The Labute approximate surface area is 186 Å². The van der Waals surface area contributed by atoms with Gasteiger partial charge >= 0.3 is 0 Å². The fourth-order valence-corrected chi connectivity index (χ4v) is 5.22. The molecule has 2 fully saturated rings. The predicted molar refractivity (Wildman–Crippen MR) is 122 cm³/mol. The lowest BCUT2D eigenvalue weighted by molar-refractivity contribution is -0.120. The third-order valence-corrected chi connectivity index (χ3v) is 7.17. The van der Waals surface area contributed by atoms with Crippen LogP contribution in [-0.4, -0.2) is 28.2 Å². The average molecular weight is 434 g/mol. The molecule has 0 radical (unpaired) electrons. The number of halogens is 1. The van der Waals surface area contributed by atoms with Gasteiger partial charge in [0.2, 0.25) is 5.91 Å². The van der Waals surface area contributed by atoms with Crippen molar-refractivity contribution in [1.82, 2.24) is 15.5 Å². The molecule has 6 nitrogen and oxygen atoms in total. The molecule has 31 heavy (non-hydrogen) atoms. The number of carbonyl (C=O) groups is 1. The number of H-pyrrole nitrogens is 1. The summed E-state index contributed by atoms with van der Waals surface area (Å²) in [6.07, 6.45) is 6.99. The summed E-state index contributed by atoms with van der Waals surface area (Å²) in [6.45, 7) is 0.718. The molecule has 1 saturated heterocycles. The summed E-state index contributed by atoms with van der Waals surface area (Å²) in [5.74, 6) is 0.474. The number of aromatic nitrogens is 2. The van der Waals surface area contributed by atoms with E-state index in [1.165, 1.54) is 25.7 Å². The number of carbonyl (C=O) groups excluding carboxylic acids is 1. The van der Waals surface area contributed by atoms with E-state index >= 15 is 0 Å². The highest BCUT2D eigenvalue weighted by Crippen LogP contribution is 2.38. The van der Waals surface area contributed by atoms with Gasteiger partial charge in [-0.25, -0.2) is 0 Å². The van der Waals surface area contributed by atoms with E-state index in [0.717, 1.165) is 41.4 Å². The van der Waals surface area contributed by atoms with Gasteiger partial charge in [-0.3, -0.25) is 9.89 Å². The van der Waals surface area contributed by atoms with Crippen LogP contribution in [-0.2, 0) is 4.79 Å². The van der Waals surface area contributed by atoms with Gasteiger partial charge in [0.25, 0.3) is 0 Å². The Bertz CT molecular complexity index is 1180. The second-order valence-corrected chi connectivity index (χ2v) is 9.14. The number of fused-ring (bicyclic) bond motifs is 1. The Morgan fingerprint density at radius 1 is 1.19 bits per heavy atom. The molecule has 2 aliphatic rings. The van der Waals surface area contributed by atoms with Gasteiger partial charge in [0.1, 0.15) is 0 Å². The Balaban J connectivity index is 1.37. The molecule has 1 saturated carbocycles. The van der Waals surface area contributed by atoms with Crippen molar-refractivity contribution >= 4 is 34.2 Å². The molecule has 2 aromatic carbocycles. The van der Waals surface area contributed by atoms with E-state index in [2.05, 4.69) is 26.9 Å². The maximum absolute atomic E-state index is 12.9. The average Bonchev–Trinajstić information content (AvgIpc) is 3.41. The molecule has 158 valence electrons. The van der Waals surface area contributed by atoms with Gasteiger partial charge in [-0.15, -0.1) is 0 Å². The fourth-order valence-electron chi connectivity index (χ4n) is 4.99. The maximum Gasteiger partial charge on any atom is 0.229 e. The molecule has 1 unspecified atom stereocenters. The first-order valence-corrected chi connectivity index (χ1v) is 11.2.